The van der Waals surface area contributed by atoms with Crippen LogP contribution >= 0.6 is 11.3 Å². The van der Waals surface area contributed by atoms with Gasteiger partial charge in [-0.15, -0.1) is 11.3 Å². The van der Waals surface area contributed by atoms with E-state index < -0.39 is 5.97 Å². The number of rotatable bonds is 6. The molecule has 0 fully saturated rings. The highest BCUT2D eigenvalue weighted by Gasteiger charge is 2.20. The monoisotopic (exact) mass is 321 g/mol. The fraction of sp³-hybridized carbons (Fsp3) is 0.312. The molecule has 1 heterocycles. The van der Waals surface area contributed by atoms with Crippen LogP contribution in [0, 0.1) is 0 Å². The molecule has 0 atom stereocenters. The Hall–Kier alpha value is -2.21. The van der Waals surface area contributed by atoms with Gasteiger partial charge in [0.15, 0.2) is 11.5 Å². The van der Waals surface area contributed by atoms with E-state index in [1.54, 1.807) is 20.3 Å². The topological polar surface area (TPSA) is 70.8 Å². The van der Waals surface area contributed by atoms with Gasteiger partial charge in [-0.2, -0.15) is 0 Å². The normalized spacial score (nSPS) is 10.3. The highest BCUT2D eigenvalue weighted by molar-refractivity contribution is 7.14. The molecule has 2 rings (SSSR count). The molecule has 2 aromatic rings. The maximum Gasteiger partial charge on any atom is 0.341 e. The van der Waals surface area contributed by atoms with Crippen LogP contribution in [-0.4, -0.2) is 26.8 Å². The number of methoxy groups -OCH3 is 2. The smallest absolute Gasteiger partial charge is 0.341 e. The standard InChI is InChI=1S/C16H19NO4S/c1-4-7-21-16(18)14-11(9-22-15(14)17)10-5-6-12(19-2)13(8-10)20-3/h5-6,8-9H,4,7,17H2,1-3H3. The third-order valence-corrected chi connectivity index (χ3v) is 3.97. The molecule has 1 aromatic heterocycles. The SMILES string of the molecule is CCCOC(=O)c1c(-c2ccc(OC)c(OC)c2)csc1N. The third kappa shape index (κ3) is 3.17. The van der Waals surface area contributed by atoms with Crippen molar-refractivity contribution in [2.75, 3.05) is 26.6 Å². The van der Waals surface area contributed by atoms with Gasteiger partial charge in [-0.3, -0.25) is 0 Å². The van der Waals surface area contributed by atoms with E-state index in [0.29, 0.717) is 28.7 Å². The molecule has 0 radical (unpaired) electrons. The van der Waals surface area contributed by atoms with Crippen molar-refractivity contribution in [3.63, 3.8) is 0 Å². The Labute approximate surface area is 133 Å². The maximum atomic E-state index is 12.2. The third-order valence-electron chi connectivity index (χ3n) is 3.16. The van der Waals surface area contributed by atoms with Gasteiger partial charge in [-0.1, -0.05) is 13.0 Å². The molecule has 6 heteroatoms. The molecule has 118 valence electrons. The summed E-state index contributed by atoms with van der Waals surface area (Å²) in [4.78, 5) is 12.2. The van der Waals surface area contributed by atoms with Crippen LogP contribution in [0.4, 0.5) is 5.00 Å². The summed E-state index contributed by atoms with van der Waals surface area (Å²) >= 11 is 1.32. The number of hydrogen-bond donors (Lipinski definition) is 1. The van der Waals surface area contributed by atoms with Crippen LogP contribution in [0.2, 0.25) is 0 Å². The first kappa shape index (κ1) is 16.2. The van der Waals surface area contributed by atoms with Crippen molar-refractivity contribution in [1.29, 1.82) is 0 Å². The molecule has 0 aliphatic carbocycles. The lowest BCUT2D eigenvalue weighted by atomic mass is 10.0. The molecule has 0 amide bonds. The lowest BCUT2D eigenvalue weighted by molar-refractivity contribution is 0.0508. The van der Waals surface area contributed by atoms with E-state index in [4.69, 9.17) is 19.9 Å². The molecule has 0 bridgehead atoms. The molecule has 1 aromatic carbocycles. The van der Waals surface area contributed by atoms with Crippen LogP contribution in [0.25, 0.3) is 11.1 Å². The van der Waals surface area contributed by atoms with E-state index >= 15 is 0 Å². The summed E-state index contributed by atoms with van der Waals surface area (Å²) in [5, 5.41) is 2.30. The number of nitrogen functional groups attached to an aromatic ring is 1. The van der Waals surface area contributed by atoms with Crippen molar-refractivity contribution >= 4 is 22.3 Å². The summed E-state index contributed by atoms with van der Waals surface area (Å²) < 4.78 is 15.7. The van der Waals surface area contributed by atoms with Crippen LogP contribution in [-0.2, 0) is 4.74 Å². The molecular weight excluding hydrogens is 302 g/mol. The number of thiophene rings is 1. The van der Waals surface area contributed by atoms with Gasteiger partial charge in [-0.25, -0.2) is 4.79 Å². The fourth-order valence-electron chi connectivity index (χ4n) is 2.07. The zero-order chi connectivity index (χ0) is 16.1. The first-order valence-corrected chi connectivity index (χ1v) is 7.76. The van der Waals surface area contributed by atoms with E-state index in [-0.39, 0.29) is 0 Å². The average molecular weight is 321 g/mol. The second-order valence-electron chi connectivity index (χ2n) is 4.59. The van der Waals surface area contributed by atoms with Gasteiger partial charge in [0.2, 0.25) is 0 Å². The lowest BCUT2D eigenvalue weighted by Gasteiger charge is -2.10. The number of ether oxygens (including phenoxy) is 3. The van der Waals surface area contributed by atoms with E-state index in [1.165, 1.54) is 11.3 Å². The molecule has 2 N–H and O–H groups in total. The number of anilines is 1. The summed E-state index contributed by atoms with van der Waals surface area (Å²) in [7, 11) is 3.15. The largest absolute Gasteiger partial charge is 0.493 e. The molecular formula is C16H19NO4S. The summed E-state index contributed by atoms with van der Waals surface area (Å²) in [5.41, 5.74) is 7.92. The molecule has 0 aliphatic rings. The fourth-order valence-corrected chi connectivity index (χ4v) is 2.88. The molecule has 0 saturated heterocycles. The van der Waals surface area contributed by atoms with Crippen LogP contribution < -0.4 is 15.2 Å². The highest BCUT2D eigenvalue weighted by Crippen LogP contribution is 2.38. The van der Waals surface area contributed by atoms with Crippen molar-refractivity contribution in [2.45, 2.75) is 13.3 Å². The highest BCUT2D eigenvalue weighted by atomic mass is 32.1. The molecule has 0 aliphatic heterocycles. The van der Waals surface area contributed by atoms with Gasteiger partial charge in [0.1, 0.15) is 10.6 Å². The number of esters is 1. The Morgan fingerprint density at radius 3 is 2.59 bits per heavy atom. The van der Waals surface area contributed by atoms with E-state index in [2.05, 4.69) is 0 Å². The van der Waals surface area contributed by atoms with Gasteiger partial charge >= 0.3 is 5.97 Å². The predicted octanol–water partition coefficient (Wildman–Crippen LogP) is 3.58. The van der Waals surface area contributed by atoms with Crippen LogP contribution in [0.15, 0.2) is 23.6 Å². The molecule has 0 saturated carbocycles. The van der Waals surface area contributed by atoms with Crippen molar-refractivity contribution in [3.8, 4) is 22.6 Å². The molecule has 0 spiro atoms. The van der Waals surface area contributed by atoms with E-state index in [0.717, 1.165) is 17.5 Å². The predicted molar refractivity (Wildman–Crippen MR) is 87.8 cm³/mol. The van der Waals surface area contributed by atoms with Gasteiger partial charge in [0, 0.05) is 10.9 Å². The second kappa shape index (κ2) is 7.17. The minimum atomic E-state index is -0.398. The number of carbonyl (C=O) groups excluding carboxylic acids is 1. The first-order valence-electron chi connectivity index (χ1n) is 6.88. The van der Waals surface area contributed by atoms with E-state index in [1.807, 2.05) is 24.4 Å². The van der Waals surface area contributed by atoms with Crippen LogP contribution in [0.3, 0.4) is 0 Å². The van der Waals surface area contributed by atoms with Crippen molar-refractivity contribution in [1.82, 2.24) is 0 Å². The summed E-state index contributed by atoms with van der Waals surface area (Å²) in [6.45, 7) is 2.32. The number of nitrogens with two attached hydrogens (primary N) is 1. The average Bonchev–Trinajstić information content (AvgIpc) is 2.93. The summed E-state index contributed by atoms with van der Waals surface area (Å²) in [6, 6.07) is 5.47. The van der Waals surface area contributed by atoms with E-state index in [9.17, 15) is 4.79 Å². The minimum Gasteiger partial charge on any atom is -0.493 e. The van der Waals surface area contributed by atoms with Gasteiger partial charge in [-0.05, 0) is 24.1 Å². The van der Waals surface area contributed by atoms with Gasteiger partial charge in [0.05, 0.1) is 20.8 Å². The zero-order valence-corrected chi connectivity index (χ0v) is 13.7. The number of benzene rings is 1. The Kier molecular flexibility index (Phi) is 5.27. The maximum absolute atomic E-state index is 12.2. The van der Waals surface area contributed by atoms with Crippen molar-refractivity contribution in [2.24, 2.45) is 0 Å². The Balaban J connectivity index is 2.43. The van der Waals surface area contributed by atoms with Crippen LogP contribution in [0.5, 0.6) is 11.5 Å². The molecule has 0 unspecified atom stereocenters. The summed E-state index contributed by atoms with van der Waals surface area (Å²) in [6.07, 6.45) is 0.765. The lowest BCUT2D eigenvalue weighted by Crippen LogP contribution is -2.08. The number of hydrogen-bond acceptors (Lipinski definition) is 6. The molecule has 22 heavy (non-hydrogen) atoms. The van der Waals surface area contributed by atoms with Gasteiger partial charge in [0.25, 0.3) is 0 Å². The Morgan fingerprint density at radius 1 is 1.23 bits per heavy atom. The Bertz CT molecular complexity index is 666. The molecule has 5 nitrogen and oxygen atoms in total. The van der Waals surface area contributed by atoms with Crippen molar-refractivity contribution in [3.05, 3.63) is 29.1 Å². The first-order chi connectivity index (χ1) is 10.6. The second-order valence-corrected chi connectivity index (χ2v) is 5.51. The zero-order valence-electron chi connectivity index (χ0n) is 12.8. The van der Waals surface area contributed by atoms with Gasteiger partial charge < -0.3 is 19.9 Å². The van der Waals surface area contributed by atoms with Crippen LogP contribution in [0.1, 0.15) is 23.7 Å². The minimum absolute atomic E-state index is 0.374. The Morgan fingerprint density at radius 2 is 1.95 bits per heavy atom. The number of carbonyl (C=O) groups is 1. The summed E-state index contributed by atoms with van der Waals surface area (Å²) in [5.74, 6) is 0.826. The van der Waals surface area contributed by atoms with Crippen molar-refractivity contribution < 1.29 is 19.0 Å². The quantitative estimate of drug-likeness (QED) is 0.823.